The molecule has 2 aromatic carbocycles. The molecule has 42 heavy (non-hydrogen) atoms. The molecule has 0 saturated heterocycles. The van der Waals surface area contributed by atoms with Crippen LogP contribution in [-0.4, -0.2) is 30.4 Å². The second-order valence-corrected chi connectivity index (χ2v) is 11.4. The van der Waals surface area contributed by atoms with Crippen molar-refractivity contribution in [2.75, 3.05) is 0 Å². The summed E-state index contributed by atoms with van der Waals surface area (Å²) < 4.78 is 47.9. The van der Waals surface area contributed by atoms with Crippen LogP contribution in [0.1, 0.15) is 47.4 Å². The molecule has 3 aromatic heterocycles. The third-order valence-electron chi connectivity index (χ3n) is 8.42. The predicted octanol–water partition coefficient (Wildman–Crippen LogP) is 6.65. The van der Waals surface area contributed by atoms with E-state index in [1.807, 2.05) is 42.0 Å². The van der Waals surface area contributed by atoms with E-state index in [9.17, 15) is 18.0 Å². The normalized spacial score (nSPS) is 20.9. The minimum Gasteiger partial charge on any atom is -0.356 e. The first-order valence-electron chi connectivity index (χ1n) is 13.3. The Hall–Kier alpha value is -4.51. The molecule has 210 valence electrons. The molecule has 0 spiro atoms. The van der Waals surface area contributed by atoms with Crippen LogP contribution in [0.2, 0.25) is 5.02 Å². The van der Waals surface area contributed by atoms with E-state index < -0.39 is 11.9 Å². The number of aryl methyl sites for hydroxylation is 1. The molecule has 3 atom stereocenters. The first kappa shape index (κ1) is 25.2. The molecule has 1 aliphatic carbocycles. The molecule has 8 rings (SSSR count). The van der Waals surface area contributed by atoms with E-state index in [1.165, 1.54) is 6.07 Å². The van der Waals surface area contributed by atoms with Gasteiger partial charge in [0, 0.05) is 51.8 Å². The summed E-state index contributed by atoms with van der Waals surface area (Å²) in [5.74, 6) is 0.503. The topological polar surface area (TPSA) is 91.1 Å². The summed E-state index contributed by atoms with van der Waals surface area (Å²) in [6.45, 7) is 1.90. The summed E-state index contributed by atoms with van der Waals surface area (Å²) in [4.78, 5) is 18.4. The number of pyridine rings is 1. The lowest BCUT2D eigenvalue weighted by atomic mass is 9.96. The quantitative estimate of drug-likeness (QED) is 0.234. The van der Waals surface area contributed by atoms with Gasteiger partial charge in [0.05, 0.1) is 29.3 Å². The van der Waals surface area contributed by atoms with Crippen LogP contribution >= 0.6 is 11.6 Å². The van der Waals surface area contributed by atoms with E-state index in [2.05, 4.69) is 15.5 Å². The predicted molar refractivity (Wildman–Crippen MR) is 149 cm³/mol. The molecule has 2 aliphatic heterocycles. The number of aliphatic imine (C=N–C) groups is 1. The van der Waals surface area contributed by atoms with Crippen molar-refractivity contribution in [2.45, 2.75) is 37.9 Å². The zero-order valence-corrected chi connectivity index (χ0v) is 22.7. The van der Waals surface area contributed by atoms with Crippen LogP contribution < -0.4 is 5.56 Å². The van der Waals surface area contributed by atoms with Crippen molar-refractivity contribution < 1.29 is 17.7 Å². The highest BCUT2D eigenvalue weighted by Gasteiger charge is 2.54. The fraction of sp³-hybridized carbons (Fsp3) is 0.233. The Morgan fingerprint density at radius 2 is 1.93 bits per heavy atom. The number of alkyl halides is 3. The highest BCUT2D eigenvalue weighted by Crippen LogP contribution is 2.61. The van der Waals surface area contributed by atoms with Gasteiger partial charge in [0.2, 0.25) is 0 Å². The van der Waals surface area contributed by atoms with Gasteiger partial charge in [-0.05, 0) is 66.8 Å². The van der Waals surface area contributed by atoms with Crippen LogP contribution in [0.25, 0.3) is 27.8 Å². The minimum atomic E-state index is -4.63. The zero-order valence-electron chi connectivity index (χ0n) is 21.9. The fourth-order valence-electron chi connectivity index (χ4n) is 6.37. The number of fused-ring (bicyclic) bond motifs is 4. The number of halogens is 4. The minimum absolute atomic E-state index is 0.104. The average Bonchev–Trinajstić information content (AvgIpc) is 3.37. The Balaban J connectivity index is 1.13. The van der Waals surface area contributed by atoms with E-state index >= 15 is 0 Å². The number of allylic oxidation sites excluding steroid dienone is 1. The first-order valence-corrected chi connectivity index (χ1v) is 13.7. The smallest absolute Gasteiger partial charge is 0.356 e. The van der Waals surface area contributed by atoms with Gasteiger partial charge in [0.25, 0.3) is 5.56 Å². The summed E-state index contributed by atoms with van der Waals surface area (Å²) in [6, 6.07) is 14.1. The molecule has 5 heterocycles. The number of rotatable bonds is 4. The average molecular weight is 589 g/mol. The molecule has 1 fully saturated rings. The summed E-state index contributed by atoms with van der Waals surface area (Å²) in [6.07, 6.45) is -0.367. The first-order chi connectivity index (χ1) is 20.2. The molecular formula is C30H20ClF3N6O2. The van der Waals surface area contributed by atoms with E-state index in [4.69, 9.17) is 21.1 Å². The SMILES string of the molecule is Cc1noc2cc(C3=NC=C(C4C5CC5c5cc(-c6cc(Cl)ccc6-n6cc(C(F)(F)F)nn6)cc(=O)n54)C3)ccc12. The van der Waals surface area contributed by atoms with Gasteiger partial charge in [-0.1, -0.05) is 28.0 Å². The van der Waals surface area contributed by atoms with Gasteiger partial charge in [-0.25, -0.2) is 4.68 Å². The second kappa shape index (κ2) is 8.75. The van der Waals surface area contributed by atoms with Crippen LogP contribution in [0.5, 0.6) is 0 Å². The monoisotopic (exact) mass is 588 g/mol. The van der Waals surface area contributed by atoms with Gasteiger partial charge in [0.1, 0.15) is 0 Å². The molecule has 3 aliphatic rings. The lowest BCUT2D eigenvalue weighted by Gasteiger charge is -2.20. The standard InChI is InChI=1S/C30H20ClF3N6O2/c1-14-19-4-2-15(8-26(19)42-37-14)23-6-17(12-35-23)29-22-11-21(22)25-7-16(9-28(41)40(25)29)20-10-18(31)3-5-24(20)39-13-27(36-38-39)30(32,33)34/h2-5,7-10,12-13,21-22,29H,6,11H2,1H3. The Bertz CT molecular complexity index is 2070. The Morgan fingerprint density at radius 3 is 2.74 bits per heavy atom. The van der Waals surface area contributed by atoms with Crippen LogP contribution in [0.4, 0.5) is 13.2 Å². The third kappa shape index (κ3) is 3.87. The van der Waals surface area contributed by atoms with Gasteiger partial charge < -0.3 is 9.09 Å². The lowest BCUT2D eigenvalue weighted by Crippen LogP contribution is -2.26. The van der Waals surface area contributed by atoms with Crippen molar-refractivity contribution in [3.8, 4) is 16.8 Å². The van der Waals surface area contributed by atoms with E-state index in [-0.39, 0.29) is 23.4 Å². The fourth-order valence-corrected chi connectivity index (χ4v) is 6.54. The molecule has 5 aromatic rings. The second-order valence-electron chi connectivity index (χ2n) is 11.0. The maximum atomic E-state index is 13.7. The number of hydrogen-bond donors (Lipinski definition) is 0. The van der Waals surface area contributed by atoms with Gasteiger partial charge in [0.15, 0.2) is 11.3 Å². The van der Waals surface area contributed by atoms with Crippen molar-refractivity contribution in [3.63, 3.8) is 0 Å². The summed E-state index contributed by atoms with van der Waals surface area (Å²) in [5, 5.41) is 12.3. The Kier molecular flexibility index (Phi) is 5.25. The molecule has 0 N–H and O–H groups in total. The maximum absolute atomic E-state index is 13.7. The highest BCUT2D eigenvalue weighted by atomic mass is 35.5. The largest absolute Gasteiger partial charge is 0.436 e. The molecule has 0 bridgehead atoms. The van der Waals surface area contributed by atoms with E-state index in [0.29, 0.717) is 33.8 Å². The van der Waals surface area contributed by atoms with Crippen molar-refractivity contribution in [3.05, 3.63) is 105 Å². The van der Waals surface area contributed by atoms with Gasteiger partial charge >= 0.3 is 6.18 Å². The van der Waals surface area contributed by atoms with Gasteiger partial charge in [-0.3, -0.25) is 9.79 Å². The highest BCUT2D eigenvalue weighted by molar-refractivity contribution is 6.31. The Labute approximate surface area is 240 Å². The van der Waals surface area contributed by atoms with Crippen molar-refractivity contribution in [2.24, 2.45) is 10.9 Å². The maximum Gasteiger partial charge on any atom is 0.436 e. The van der Waals surface area contributed by atoms with Crippen LogP contribution in [-0.2, 0) is 6.18 Å². The molecule has 3 unspecified atom stereocenters. The number of hydrogen-bond acceptors (Lipinski definition) is 6. The van der Waals surface area contributed by atoms with E-state index in [0.717, 1.165) is 50.9 Å². The summed E-state index contributed by atoms with van der Waals surface area (Å²) in [7, 11) is 0. The molecule has 8 nitrogen and oxygen atoms in total. The van der Waals surface area contributed by atoms with Crippen LogP contribution in [0, 0.1) is 12.8 Å². The molecule has 12 heteroatoms. The number of nitrogens with zero attached hydrogens (tertiary/aromatic N) is 6. The number of aromatic nitrogens is 5. The van der Waals surface area contributed by atoms with Crippen molar-refractivity contribution in [1.29, 1.82) is 0 Å². The zero-order chi connectivity index (χ0) is 28.9. The number of benzene rings is 2. The van der Waals surface area contributed by atoms with Gasteiger partial charge in [-0.15, -0.1) is 5.10 Å². The summed E-state index contributed by atoms with van der Waals surface area (Å²) >= 11 is 6.29. The van der Waals surface area contributed by atoms with E-state index in [1.54, 1.807) is 18.2 Å². The Morgan fingerprint density at radius 1 is 1.07 bits per heavy atom. The molecule has 1 saturated carbocycles. The third-order valence-corrected chi connectivity index (χ3v) is 8.66. The molecule has 0 amide bonds. The lowest BCUT2D eigenvalue weighted by molar-refractivity contribution is -0.141. The van der Waals surface area contributed by atoms with Crippen LogP contribution in [0.15, 0.2) is 80.8 Å². The van der Waals surface area contributed by atoms with Crippen molar-refractivity contribution >= 4 is 28.3 Å². The molecule has 0 radical (unpaired) electrons. The van der Waals surface area contributed by atoms with Crippen LogP contribution in [0.3, 0.4) is 0 Å². The molecular weight excluding hydrogens is 569 g/mol. The van der Waals surface area contributed by atoms with Gasteiger partial charge in [-0.2, -0.15) is 13.2 Å². The van der Waals surface area contributed by atoms with Crippen molar-refractivity contribution in [1.82, 2.24) is 24.7 Å². The summed E-state index contributed by atoms with van der Waals surface area (Å²) in [5.41, 5.74) is 5.48.